The number of furan rings is 1. The molecule has 0 spiro atoms. The first-order valence-corrected chi connectivity index (χ1v) is 10.4. The van der Waals surface area contributed by atoms with Crippen LogP contribution in [-0.2, 0) is 0 Å². The normalized spacial score (nSPS) is 11.3. The van der Waals surface area contributed by atoms with E-state index in [1.807, 2.05) is 97.9 Å². The highest BCUT2D eigenvalue weighted by molar-refractivity contribution is 6.09. The summed E-state index contributed by atoms with van der Waals surface area (Å²) in [7, 11) is 0. The number of nitrogens with one attached hydrogen (secondary N) is 2. The number of H-pyrrole nitrogens is 1. The molecule has 0 radical (unpaired) electrons. The zero-order valence-corrected chi connectivity index (χ0v) is 17.5. The quantitative estimate of drug-likeness (QED) is 0.264. The molecule has 0 bridgehead atoms. The third kappa shape index (κ3) is 3.84. The summed E-state index contributed by atoms with van der Waals surface area (Å²) in [5.41, 5.74) is 7.98. The fourth-order valence-corrected chi connectivity index (χ4v) is 3.72. The van der Waals surface area contributed by atoms with E-state index in [1.165, 1.54) is 11.8 Å². The average Bonchev–Trinajstić information content (AvgIpc) is 3.45. The number of carbonyl (C=O) groups excluding carboxylic acids is 1. The molecule has 5 aromatic rings. The van der Waals surface area contributed by atoms with E-state index in [9.17, 15) is 4.79 Å². The highest BCUT2D eigenvalue weighted by Gasteiger charge is 2.18. The number of rotatable bonds is 5. The highest BCUT2D eigenvalue weighted by atomic mass is 16.3. The first-order chi connectivity index (χ1) is 15.7. The van der Waals surface area contributed by atoms with E-state index in [0.29, 0.717) is 11.5 Å². The van der Waals surface area contributed by atoms with Crippen molar-refractivity contribution < 1.29 is 9.21 Å². The van der Waals surface area contributed by atoms with E-state index in [1.54, 1.807) is 0 Å². The van der Waals surface area contributed by atoms with E-state index in [2.05, 4.69) is 15.5 Å². The maximum absolute atomic E-state index is 13.0. The lowest BCUT2D eigenvalue weighted by molar-refractivity contribution is 0.0951. The van der Waals surface area contributed by atoms with Gasteiger partial charge in [0.1, 0.15) is 17.2 Å². The number of aromatic nitrogens is 1. The molecule has 1 amide bonds. The molecule has 32 heavy (non-hydrogen) atoms. The topological polar surface area (TPSA) is 70.4 Å². The van der Waals surface area contributed by atoms with Crippen molar-refractivity contribution in [3.8, 4) is 22.5 Å². The minimum Gasteiger partial charge on any atom is -0.455 e. The zero-order chi connectivity index (χ0) is 21.9. The predicted molar refractivity (Wildman–Crippen MR) is 128 cm³/mol. The van der Waals surface area contributed by atoms with Crippen molar-refractivity contribution in [1.82, 2.24) is 10.4 Å². The summed E-state index contributed by atoms with van der Waals surface area (Å²) in [5, 5.41) is 5.09. The number of aromatic amines is 1. The molecule has 156 valence electrons. The monoisotopic (exact) mass is 419 g/mol. The van der Waals surface area contributed by atoms with Gasteiger partial charge in [-0.15, -0.1) is 0 Å². The number of carbonyl (C=O) groups is 1. The SMILES string of the molecule is Cc1ccc(-c2ccc(/C=N/NC(=O)c3[nH]c4ccccc4c3-c3ccccc3)o2)cc1. The van der Waals surface area contributed by atoms with Crippen molar-refractivity contribution >= 4 is 23.0 Å². The lowest BCUT2D eigenvalue weighted by Gasteiger charge is -2.04. The Labute approximate surface area is 185 Å². The first kappa shape index (κ1) is 19.6. The molecule has 0 aliphatic rings. The Morgan fingerprint density at radius 1 is 0.875 bits per heavy atom. The number of nitrogens with zero attached hydrogens (tertiary/aromatic N) is 1. The number of aryl methyl sites for hydroxylation is 1. The number of benzene rings is 3. The van der Waals surface area contributed by atoms with Crippen LogP contribution in [0.2, 0.25) is 0 Å². The molecule has 2 aromatic heterocycles. The molecule has 0 atom stereocenters. The third-order valence-electron chi connectivity index (χ3n) is 5.32. The molecule has 0 unspecified atom stereocenters. The van der Waals surface area contributed by atoms with Crippen molar-refractivity contribution in [2.45, 2.75) is 6.92 Å². The highest BCUT2D eigenvalue weighted by Crippen LogP contribution is 2.32. The molecule has 0 aliphatic carbocycles. The number of para-hydroxylation sites is 1. The summed E-state index contributed by atoms with van der Waals surface area (Å²) in [5.74, 6) is 0.988. The van der Waals surface area contributed by atoms with Crippen LogP contribution in [0.15, 0.2) is 101 Å². The van der Waals surface area contributed by atoms with E-state index < -0.39 is 0 Å². The number of hydrazone groups is 1. The second kappa shape index (κ2) is 8.40. The second-order valence-electron chi connectivity index (χ2n) is 7.55. The van der Waals surface area contributed by atoms with E-state index in [0.717, 1.165) is 33.4 Å². The Morgan fingerprint density at radius 3 is 2.44 bits per heavy atom. The molecular weight excluding hydrogens is 398 g/mol. The molecule has 5 nitrogen and oxygen atoms in total. The van der Waals surface area contributed by atoms with Crippen LogP contribution in [-0.4, -0.2) is 17.1 Å². The summed E-state index contributed by atoms with van der Waals surface area (Å²) in [4.78, 5) is 16.2. The Hall–Kier alpha value is -4.38. The molecule has 5 heteroatoms. The predicted octanol–water partition coefficient (Wildman–Crippen LogP) is 6.17. The molecule has 0 aliphatic heterocycles. The molecule has 2 N–H and O–H groups in total. The fraction of sp³-hybridized carbons (Fsp3) is 0.0370. The van der Waals surface area contributed by atoms with E-state index >= 15 is 0 Å². The van der Waals surface area contributed by atoms with Gasteiger partial charge in [-0.1, -0.05) is 78.4 Å². The summed E-state index contributed by atoms with van der Waals surface area (Å²) in [6.45, 7) is 2.04. The van der Waals surface area contributed by atoms with Gasteiger partial charge in [-0.3, -0.25) is 4.79 Å². The summed E-state index contributed by atoms with van der Waals surface area (Å²) in [6.07, 6.45) is 1.50. The summed E-state index contributed by atoms with van der Waals surface area (Å²) >= 11 is 0. The van der Waals surface area contributed by atoms with Crippen LogP contribution in [0.25, 0.3) is 33.4 Å². The summed E-state index contributed by atoms with van der Waals surface area (Å²) < 4.78 is 5.83. The lowest BCUT2D eigenvalue weighted by atomic mass is 10.0. The molecule has 5 rings (SSSR count). The number of amides is 1. The van der Waals surface area contributed by atoms with E-state index in [-0.39, 0.29) is 5.91 Å². The van der Waals surface area contributed by atoms with Gasteiger partial charge in [-0.05, 0) is 30.7 Å². The molecule has 0 saturated carbocycles. The van der Waals surface area contributed by atoms with Gasteiger partial charge in [0.05, 0.1) is 6.21 Å². The van der Waals surface area contributed by atoms with Crippen molar-refractivity contribution in [2.75, 3.05) is 0 Å². The van der Waals surface area contributed by atoms with Gasteiger partial charge >= 0.3 is 0 Å². The Kier molecular flexibility index (Phi) is 5.14. The van der Waals surface area contributed by atoms with Crippen LogP contribution in [0.5, 0.6) is 0 Å². The number of hydrogen-bond donors (Lipinski definition) is 2. The Bertz CT molecular complexity index is 1410. The molecule has 3 aromatic carbocycles. The molecule has 0 saturated heterocycles. The van der Waals surface area contributed by atoms with Crippen molar-refractivity contribution in [1.29, 1.82) is 0 Å². The lowest BCUT2D eigenvalue weighted by Crippen LogP contribution is -2.18. The summed E-state index contributed by atoms with van der Waals surface area (Å²) in [6, 6.07) is 29.5. The van der Waals surface area contributed by atoms with Crippen molar-refractivity contribution in [2.24, 2.45) is 5.10 Å². The Morgan fingerprint density at radius 2 is 1.62 bits per heavy atom. The largest absolute Gasteiger partial charge is 0.455 e. The minimum absolute atomic E-state index is 0.318. The molecule has 0 fully saturated rings. The minimum atomic E-state index is -0.318. The van der Waals surface area contributed by atoms with Crippen LogP contribution in [0.4, 0.5) is 0 Å². The van der Waals surface area contributed by atoms with Crippen LogP contribution in [0.3, 0.4) is 0 Å². The third-order valence-corrected chi connectivity index (χ3v) is 5.32. The van der Waals surface area contributed by atoms with Crippen molar-refractivity contribution in [3.05, 3.63) is 108 Å². The maximum Gasteiger partial charge on any atom is 0.288 e. The smallest absolute Gasteiger partial charge is 0.288 e. The van der Waals surface area contributed by atoms with Gasteiger partial charge in [-0.25, -0.2) is 5.43 Å². The van der Waals surface area contributed by atoms with Crippen LogP contribution < -0.4 is 5.43 Å². The van der Waals surface area contributed by atoms with Gasteiger partial charge in [0.25, 0.3) is 5.91 Å². The van der Waals surface area contributed by atoms with Gasteiger partial charge in [0.15, 0.2) is 0 Å². The van der Waals surface area contributed by atoms with Crippen LogP contribution in [0.1, 0.15) is 21.8 Å². The Balaban J connectivity index is 1.38. The van der Waals surface area contributed by atoms with Gasteiger partial charge < -0.3 is 9.40 Å². The van der Waals surface area contributed by atoms with Crippen LogP contribution in [0, 0.1) is 6.92 Å². The standard InChI is InChI=1S/C27H21N3O2/c1-18-11-13-19(14-12-18)24-16-15-21(32-24)17-28-30-27(31)26-25(20-7-3-2-4-8-20)22-9-5-6-10-23(22)29-26/h2-17,29H,1H3,(H,30,31)/b28-17+. The fourth-order valence-electron chi connectivity index (χ4n) is 3.72. The number of hydrogen-bond acceptors (Lipinski definition) is 3. The van der Waals surface area contributed by atoms with Gasteiger partial charge in [0, 0.05) is 22.0 Å². The van der Waals surface area contributed by atoms with Gasteiger partial charge in [0.2, 0.25) is 0 Å². The molecule has 2 heterocycles. The average molecular weight is 419 g/mol. The second-order valence-corrected chi connectivity index (χ2v) is 7.55. The maximum atomic E-state index is 13.0. The number of fused-ring (bicyclic) bond motifs is 1. The molecular formula is C27H21N3O2. The van der Waals surface area contributed by atoms with Crippen molar-refractivity contribution in [3.63, 3.8) is 0 Å². The van der Waals surface area contributed by atoms with Crippen LogP contribution >= 0.6 is 0 Å². The van der Waals surface area contributed by atoms with E-state index in [4.69, 9.17) is 4.42 Å². The van der Waals surface area contributed by atoms with Gasteiger partial charge in [-0.2, -0.15) is 5.10 Å². The zero-order valence-electron chi connectivity index (χ0n) is 17.5. The first-order valence-electron chi connectivity index (χ1n) is 10.4.